The Kier molecular flexibility index (Phi) is 6.34. The fraction of sp³-hybridized carbons (Fsp3) is 0.300. The molecule has 1 unspecified atom stereocenters. The van der Waals surface area contributed by atoms with Crippen molar-refractivity contribution in [2.75, 3.05) is 13.2 Å². The molecule has 1 atom stereocenters. The predicted molar refractivity (Wildman–Crippen MR) is 101 cm³/mol. The van der Waals surface area contributed by atoms with E-state index in [4.69, 9.17) is 9.15 Å². The highest BCUT2D eigenvalue weighted by Gasteiger charge is 2.31. The minimum atomic E-state index is -4.52. The number of halogens is 3. The summed E-state index contributed by atoms with van der Waals surface area (Å²) >= 11 is 0. The normalized spacial score (nSPS) is 12.4. The van der Waals surface area contributed by atoms with Crippen LogP contribution in [0.5, 0.6) is 6.01 Å². The molecule has 2 heterocycles. The summed E-state index contributed by atoms with van der Waals surface area (Å²) in [4.78, 5) is 26.0. The van der Waals surface area contributed by atoms with Crippen LogP contribution in [0, 0.1) is 0 Å². The van der Waals surface area contributed by atoms with Crippen LogP contribution in [0.1, 0.15) is 29.8 Å². The van der Waals surface area contributed by atoms with Gasteiger partial charge in [0, 0.05) is 24.5 Å². The Balaban J connectivity index is 1.71. The van der Waals surface area contributed by atoms with Crippen molar-refractivity contribution in [3.63, 3.8) is 0 Å². The van der Waals surface area contributed by atoms with Crippen molar-refractivity contribution in [2.24, 2.45) is 0 Å². The first-order chi connectivity index (χ1) is 14.3. The summed E-state index contributed by atoms with van der Waals surface area (Å²) in [6.07, 6.45) is -0.290. The number of benzene rings is 1. The van der Waals surface area contributed by atoms with E-state index in [1.165, 1.54) is 12.5 Å². The van der Waals surface area contributed by atoms with Crippen LogP contribution in [0.15, 0.2) is 53.5 Å². The highest BCUT2D eigenvalue weighted by molar-refractivity contribution is 6.00. The number of aromatic nitrogens is 3. The Morgan fingerprint density at radius 2 is 1.90 bits per heavy atom. The molecule has 0 saturated carbocycles. The van der Waals surface area contributed by atoms with Crippen LogP contribution in [0.25, 0.3) is 11.5 Å². The Hall–Kier alpha value is -3.43. The molecule has 2 aromatic heterocycles. The summed E-state index contributed by atoms with van der Waals surface area (Å²) in [5, 5.41) is 0. The lowest BCUT2D eigenvalue weighted by atomic mass is 10.1. The van der Waals surface area contributed by atoms with Crippen LogP contribution in [-0.2, 0) is 6.18 Å². The van der Waals surface area contributed by atoms with Crippen LogP contribution in [0.4, 0.5) is 13.2 Å². The number of amides is 1. The average molecular weight is 420 g/mol. The van der Waals surface area contributed by atoms with Crippen LogP contribution in [0.2, 0.25) is 0 Å². The Morgan fingerprint density at radius 1 is 1.20 bits per heavy atom. The number of rotatable bonds is 7. The molecular formula is C20H19F3N4O3. The van der Waals surface area contributed by atoms with Crippen molar-refractivity contribution in [2.45, 2.75) is 26.1 Å². The van der Waals surface area contributed by atoms with Gasteiger partial charge < -0.3 is 14.1 Å². The number of hydrogen-bond acceptors (Lipinski definition) is 6. The van der Waals surface area contributed by atoms with Gasteiger partial charge in [-0.1, -0.05) is 12.1 Å². The highest BCUT2D eigenvalue weighted by atomic mass is 19.4. The van der Waals surface area contributed by atoms with Gasteiger partial charge in [0.1, 0.15) is 12.9 Å². The van der Waals surface area contributed by atoms with Gasteiger partial charge in [-0.15, -0.1) is 0 Å². The number of carbonyl (C=O) groups is 1. The lowest BCUT2D eigenvalue weighted by Gasteiger charge is -2.28. The first-order valence-corrected chi connectivity index (χ1v) is 9.13. The Labute approximate surface area is 170 Å². The van der Waals surface area contributed by atoms with Gasteiger partial charge in [0.15, 0.2) is 0 Å². The van der Waals surface area contributed by atoms with E-state index in [0.29, 0.717) is 36.0 Å². The van der Waals surface area contributed by atoms with E-state index in [-0.39, 0.29) is 18.5 Å². The van der Waals surface area contributed by atoms with E-state index in [1.807, 2.05) is 6.92 Å². The zero-order chi connectivity index (χ0) is 21.7. The molecule has 10 heteroatoms. The van der Waals surface area contributed by atoms with E-state index >= 15 is 0 Å². The average Bonchev–Trinajstić information content (AvgIpc) is 3.27. The maximum atomic E-state index is 13.1. The second-order valence-electron chi connectivity index (χ2n) is 6.39. The first kappa shape index (κ1) is 21.3. The predicted octanol–water partition coefficient (Wildman–Crippen LogP) is 4.08. The van der Waals surface area contributed by atoms with Gasteiger partial charge in [-0.05, 0) is 26.0 Å². The maximum Gasteiger partial charge on any atom is 0.419 e. The van der Waals surface area contributed by atoms with Crippen molar-refractivity contribution in [1.82, 2.24) is 19.9 Å². The Morgan fingerprint density at radius 3 is 2.50 bits per heavy atom. The van der Waals surface area contributed by atoms with Gasteiger partial charge in [0.05, 0.1) is 23.4 Å². The standard InChI is InChI=1S/C20H19F3N4O3/c1-3-27(13(2)12-30-19-25-10-14(11-26-19)20(21,22)23)18(28)16-7-5-4-6-15(16)17-24-8-9-29-17/h4-11,13H,3,12H2,1-2H3. The Bertz CT molecular complexity index is 976. The molecule has 0 N–H and O–H groups in total. The molecule has 3 rings (SSSR count). The van der Waals surface area contributed by atoms with Crippen molar-refractivity contribution >= 4 is 5.91 Å². The van der Waals surface area contributed by atoms with Gasteiger partial charge in [-0.3, -0.25) is 4.79 Å². The molecule has 0 bridgehead atoms. The summed E-state index contributed by atoms with van der Waals surface area (Å²) < 4.78 is 48.5. The first-order valence-electron chi connectivity index (χ1n) is 9.13. The number of carbonyl (C=O) groups excluding carboxylic acids is 1. The van der Waals surface area contributed by atoms with Crippen LogP contribution >= 0.6 is 0 Å². The molecule has 0 fully saturated rings. The second kappa shape index (κ2) is 8.93. The molecule has 0 saturated heterocycles. The van der Waals surface area contributed by atoms with Crippen LogP contribution < -0.4 is 4.74 Å². The van der Waals surface area contributed by atoms with E-state index in [1.54, 1.807) is 36.1 Å². The minimum Gasteiger partial charge on any atom is -0.461 e. The van der Waals surface area contributed by atoms with Crippen molar-refractivity contribution in [3.05, 3.63) is 60.2 Å². The van der Waals surface area contributed by atoms with E-state index < -0.39 is 17.8 Å². The highest BCUT2D eigenvalue weighted by Crippen LogP contribution is 2.28. The number of oxazole rings is 1. The van der Waals surface area contributed by atoms with E-state index in [0.717, 1.165) is 0 Å². The zero-order valence-corrected chi connectivity index (χ0v) is 16.3. The summed E-state index contributed by atoms with van der Waals surface area (Å²) in [5.41, 5.74) is 0.0148. The molecule has 1 aromatic carbocycles. The molecular weight excluding hydrogens is 401 g/mol. The van der Waals surface area contributed by atoms with Gasteiger partial charge in [0.2, 0.25) is 5.89 Å². The monoisotopic (exact) mass is 420 g/mol. The summed E-state index contributed by atoms with van der Waals surface area (Å²) in [7, 11) is 0. The third kappa shape index (κ3) is 4.76. The maximum absolute atomic E-state index is 13.1. The molecule has 0 spiro atoms. The van der Waals surface area contributed by atoms with E-state index in [9.17, 15) is 18.0 Å². The SMILES string of the molecule is CCN(C(=O)c1ccccc1-c1ncco1)C(C)COc1ncc(C(F)(F)F)cn1. The van der Waals surface area contributed by atoms with Gasteiger partial charge >= 0.3 is 12.2 Å². The number of hydrogen-bond donors (Lipinski definition) is 0. The molecule has 158 valence electrons. The van der Waals surface area contributed by atoms with Crippen LogP contribution in [0.3, 0.4) is 0 Å². The zero-order valence-electron chi connectivity index (χ0n) is 16.3. The quantitative estimate of drug-likeness (QED) is 0.573. The molecule has 0 radical (unpaired) electrons. The van der Waals surface area contributed by atoms with Crippen molar-refractivity contribution in [1.29, 1.82) is 0 Å². The molecule has 7 nitrogen and oxygen atoms in total. The topological polar surface area (TPSA) is 81.4 Å². The lowest BCUT2D eigenvalue weighted by molar-refractivity contribution is -0.138. The van der Waals surface area contributed by atoms with Crippen molar-refractivity contribution < 1.29 is 27.1 Å². The van der Waals surface area contributed by atoms with Gasteiger partial charge in [-0.2, -0.15) is 13.2 Å². The number of likely N-dealkylation sites (N-methyl/N-ethyl adjacent to an activating group) is 1. The van der Waals surface area contributed by atoms with Crippen molar-refractivity contribution in [3.8, 4) is 17.5 Å². The second-order valence-corrected chi connectivity index (χ2v) is 6.39. The fourth-order valence-corrected chi connectivity index (χ4v) is 2.84. The lowest BCUT2D eigenvalue weighted by Crippen LogP contribution is -2.42. The summed E-state index contributed by atoms with van der Waals surface area (Å²) in [6.45, 7) is 3.97. The molecule has 3 aromatic rings. The molecule has 0 aliphatic rings. The molecule has 0 aliphatic carbocycles. The van der Waals surface area contributed by atoms with E-state index in [2.05, 4.69) is 15.0 Å². The third-order valence-corrected chi connectivity index (χ3v) is 4.36. The molecule has 0 aliphatic heterocycles. The number of alkyl halides is 3. The largest absolute Gasteiger partial charge is 0.461 e. The van der Waals surface area contributed by atoms with Gasteiger partial charge in [-0.25, -0.2) is 15.0 Å². The summed E-state index contributed by atoms with van der Waals surface area (Å²) in [5.74, 6) is 0.0767. The minimum absolute atomic E-state index is 0.00606. The number of ether oxygens (including phenoxy) is 1. The molecule has 30 heavy (non-hydrogen) atoms. The summed E-state index contributed by atoms with van der Waals surface area (Å²) in [6, 6.07) is 6.34. The third-order valence-electron chi connectivity index (χ3n) is 4.36. The van der Waals surface area contributed by atoms with Gasteiger partial charge in [0.25, 0.3) is 5.91 Å². The van der Waals surface area contributed by atoms with Crippen LogP contribution in [-0.4, -0.2) is 45.0 Å². The number of nitrogens with zero attached hydrogens (tertiary/aromatic N) is 4. The fourth-order valence-electron chi connectivity index (χ4n) is 2.84. The molecule has 1 amide bonds. The smallest absolute Gasteiger partial charge is 0.419 e.